The molecule has 0 aliphatic carbocycles. The van der Waals surface area contributed by atoms with Crippen molar-refractivity contribution in [3.05, 3.63) is 102 Å². The van der Waals surface area contributed by atoms with Gasteiger partial charge in [-0.3, -0.25) is 9.36 Å². The molecule has 33 heavy (non-hydrogen) atoms. The molecular formula is C26H23N5OS. The number of thioether (sulfide) groups is 1. The minimum Gasteiger partial charge on any atom is -0.272 e. The highest BCUT2D eigenvalue weighted by atomic mass is 32.2. The summed E-state index contributed by atoms with van der Waals surface area (Å²) in [6.45, 7) is 2.05. The van der Waals surface area contributed by atoms with E-state index in [4.69, 9.17) is 0 Å². The molecule has 4 aromatic rings. The van der Waals surface area contributed by atoms with Crippen LogP contribution in [-0.4, -0.2) is 32.6 Å². The molecule has 0 saturated heterocycles. The van der Waals surface area contributed by atoms with E-state index in [1.807, 2.05) is 102 Å². The number of hydrogen-bond acceptors (Lipinski definition) is 5. The van der Waals surface area contributed by atoms with E-state index in [1.54, 1.807) is 12.3 Å². The van der Waals surface area contributed by atoms with Gasteiger partial charge in [0.15, 0.2) is 11.0 Å². The SMILES string of the molecule is Cc1ccc(-c2nnc(SCC(=O)N/N=C\C=C\c3ccccc3)n2-c2ccccc2)cc1. The van der Waals surface area contributed by atoms with E-state index >= 15 is 0 Å². The number of allylic oxidation sites excluding steroid dienone is 1. The lowest BCUT2D eigenvalue weighted by molar-refractivity contribution is -0.118. The van der Waals surface area contributed by atoms with Crippen molar-refractivity contribution in [2.24, 2.45) is 5.10 Å². The highest BCUT2D eigenvalue weighted by molar-refractivity contribution is 7.99. The molecule has 0 saturated carbocycles. The number of benzene rings is 3. The lowest BCUT2D eigenvalue weighted by Gasteiger charge is -2.10. The second-order valence-electron chi connectivity index (χ2n) is 7.21. The largest absolute Gasteiger partial charge is 0.272 e. The number of hydrogen-bond donors (Lipinski definition) is 1. The zero-order valence-electron chi connectivity index (χ0n) is 18.1. The van der Waals surface area contributed by atoms with Crippen molar-refractivity contribution in [2.45, 2.75) is 12.1 Å². The Hall–Kier alpha value is -3.97. The highest BCUT2D eigenvalue weighted by Crippen LogP contribution is 2.28. The van der Waals surface area contributed by atoms with Crippen molar-refractivity contribution in [1.82, 2.24) is 20.2 Å². The van der Waals surface area contributed by atoms with Crippen LogP contribution in [0.25, 0.3) is 23.2 Å². The summed E-state index contributed by atoms with van der Waals surface area (Å²) in [6.07, 6.45) is 5.25. The number of amides is 1. The van der Waals surface area contributed by atoms with Gasteiger partial charge in [0.1, 0.15) is 0 Å². The number of nitrogens with zero attached hydrogens (tertiary/aromatic N) is 4. The molecule has 0 bridgehead atoms. The van der Waals surface area contributed by atoms with Gasteiger partial charge in [0, 0.05) is 17.5 Å². The maximum Gasteiger partial charge on any atom is 0.250 e. The number of rotatable bonds is 8. The van der Waals surface area contributed by atoms with Crippen LogP contribution in [0, 0.1) is 6.92 Å². The minimum atomic E-state index is -0.219. The topological polar surface area (TPSA) is 72.2 Å². The van der Waals surface area contributed by atoms with E-state index in [-0.39, 0.29) is 11.7 Å². The fourth-order valence-electron chi connectivity index (χ4n) is 3.10. The van der Waals surface area contributed by atoms with E-state index in [0.29, 0.717) is 5.16 Å². The van der Waals surface area contributed by atoms with E-state index < -0.39 is 0 Å². The Morgan fingerprint density at radius 1 is 0.970 bits per heavy atom. The summed E-state index contributed by atoms with van der Waals surface area (Å²) in [4.78, 5) is 12.3. The summed E-state index contributed by atoms with van der Waals surface area (Å²) in [5.74, 6) is 0.676. The van der Waals surface area contributed by atoms with Gasteiger partial charge in [-0.2, -0.15) is 5.10 Å². The number of hydrazone groups is 1. The molecule has 0 radical (unpaired) electrons. The summed E-state index contributed by atoms with van der Waals surface area (Å²) >= 11 is 1.31. The Morgan fingerprint density at radius 2 is 1.67 bits per heavy atom. The predicted molar refractivity (Wildman–Crippen MR) is 134 cm³/mol. The van der Waals surface area contributed by atoms with Crippen LogP contribution < -0.4 is 5.43 Å². The Kier molecular flexibility index (Phi) is 7.45. The van der Waals surface area contributed by atoms with Gasteiger partial charge >= 0.3 is 0 Å². The number of para-hydroxylation sites is 1. The first kappa shape index (κ1) is 22.2. The summed E-state index contributed by atoms with van der Waals surface area (Å²) in [5, 5.41) is 13.4. The number of carbonyl (C=O) groups is 1. The van der Waals surface area contributed by atoms with Crippen molar-refractivity contribution in [3.8, 4) is 17.1 Å². The first-order valence-corrected chi connectivity index (χ1v) is 11.4. The second-order valence-corrected chi connectivity index (χ2v) is 8.16. The minimum absolute atomic E-state index is 0.165. The molecule has 7 heteroatoms. The average molecular weight is 454 g/mol. The van der Waals surface area contributed by atoms with Crippen LogP contribution in [-0.2, 0) is 4.79 Å². The van der Waals surface area contributed by atoms with Crippen molar-refractivity contribution >= 4 is 30.0 Å². The Balaban J connectivity index is 1.43. The van der Waals surface area contributed by atoms with Gasteiger partial charge in [-0.05, 0) is 30.7 Å². The molecule has 0 aliphatic heterocycles. The molecule has 164 valence electrons. The molecule has 0 spiro atoms. The Morgan fingerprint density at radius 3 is 2.39 bits per heavy atom. The average Bonchev–Trinajstić information content (AvgIpc) is 3.28. The summed E-state index contributed by atoms with van der Waals surface area (Å²) in [5.41, 5.74) is 6.68. The molecule has 1 amide bonds. The number of carbonyl (C=O) groups excluding carboxylic acids is 1. The highest BCUT2D eigenvalue weighted by Gasteiger charge is 2.17. The van der Waals surface area contributed by atoms with Crippen LogP contribution in [0.1, 0.15) is 11.1 Å². The van der Waals surface area contributed by atoms with E-state index in [2.05, 4.69) is 20.7 Å². The molecule has 1 heterocycles. The number of aryl methyl sites for hydroxylation is 1. The van der Waals surface area contributed by atoms with Gasteiger partial charge in [-0.15, -0.1) is 10.2 Å². The van der Waals surface area contributed by atoms with Gasteiger partial charge in [0.05, 0.1) is 5.75 Å². The van der Waals surface area contributed by atoms with Crippen LogP contribution in [0.3, 0.4) is 0 Å². The van der Waals surface area contributed by atoms with Crippen LogP contribution >= 0.6 is 11.8 Å². The quantitative estimate of drug-likeness (QED) is 0.227. The van der Waals surface area contributed by atoms with Crippen molar-refractivity contribution < 1.29 is 4.79 Å². The molecule has 4 rings (SSSR count). The molecule has 0 aliphatic rings. The molecule has 0 fully saturated rings. The molecule has 0 atom stereocenters. The third kappa shape index (κ3) is 6.05. The number of nitrogens with one attached hydrogen (secondary N) is 1. The van der Waals surface area contributed by atoms with Crippen LogP contribution in [0.2, 0.25) is 0 Å². The van der Waals surface area contributed by atoms with Crippen molar-refractivity contribution in [1.29, 1.82) is 0 Å². The first-order valence-electron chi connectivity index (χ1n) is 10.4. The first-order chi connectivity index (χ1) is 16.2. The fraction of sp³-hybridized carbons (Fsp3) is 0.0769. The summed E-state index contributed by atoms with van der Waals surface area (Å²) in [6, 6.07) is 27.9. The van der Waals surface area contributed by atoms with Gasteiger partial charge < -0.3 is 0 Å². The van der Waals surface area contributed by atoms with Crippen LogP contribution in [0.15, 0.2) is 101 Å². The van der Waals surface area contributed by atoms with Crippen molar-refractivity contribution in [3.63, 3.8) is 0 Å². The molecular weight excluding hydrogens is 430 g/mol. The lowest BCUT2D eigenvalue weighted by Crippen LogP contribution is -2.19. The Bertz CT molecular complexity index is 1250. The van der Waals surface area contributed by atoms with E-state index in [9.17, 15) is 4.79 Å². The zero-order valence-corrected chi connectivity index (χ0v) is 18.9. The van der Waals surface area contributed by atoms with Crippen LogP contribution in [0.5, 0.6) is 0 Å². The van der Waals surface area contributed by atoms with Gasteiger partial charge in [0.25, 0.3) is 5.91 Å². The monoisotopic (exact) mass is 453 g/mol. The van der Waals surface area contributed by atoms with Crippen molar-refractivity contribution in [2.75, 3.05) is 5.75 Å². The number of aromatic nitrogens is 3. The maximum atomic E-state index is 12.3. The maximum absolute atomic E-state index is 12.3. The molecule has 6 nitrogen and oxygen atoms in total. The second kappa shape index (κ2) is 11.1. The zero-order chi connectivity index (χ0) is 22.9. The summed E-state index contributed by atoms with van der Waals surface area (Å²) < 4.78 is 1.97. The van der Waals surface area contributed by atoms with Crippen LogP contribution in [0.4, 0.5) is 0 Å². The fourth-order valence-corrected chi connectivity index (χ4v) is 3.84. The lowest BCUT2D eigenvalue weighted by atomic mass is 10.1. The van der Waals surface area contributed by atoms with E-state index in [0.717, 1.165) is 22.6 Å². The summed E-state index contributed by atoms with van der Waals surface area (Å²) in [7, 11) is 0. The van der Waals surface area contributed by atoms with Gasteiger partial charge in [0.2, 0.25) is 0 Å². The molecule has 3 aromatic carbocycles. The van der Waals surface area contributed by atoms with Gasteiger partial charge in [-0.1, -0.05) is 96.2 Å². The third-order valence-electron chi connectivity index (χ3n) is 4.73. The molecule has 1 N–H and O–H groups in total. The van der Waals surface area contributed by atoms with Gasteiger partial charge in [-0.25, -0.2) is 5.43 Å². The molecule has 0 unspecified atom stereocenters. The smallest absolute Gasteiger partial charge is 0.250 e. The third-order valence-corrected chi connectivity index (χ3v) is 5.66. The van der Waals surface area contributed by atoms with E-state index in [1.165, 1.54) is 17.3 Å². The Labute approximate surface area is 197 Å². The molecule has 1 aromatic heterocycles. The standard InChI is InChI=1S/C26H23N5OS/c1-20-14-16-22(17-15-20)25-29-30-26(31(25)23-12-6-3-7-13-23)33-19-24(32)28-27-18-8-11-21-9-4-2-5-10-21/h2-18H,19H2,1H3,(H,28,32)/b11-8+,27-18-. The predicted octanol–water partition coefficient (Wildman–Crippen LogP) is 5.15. The normalized spacial score (nSPS) is 11.3.